The van der Waals surface area contributed by atoms with Gasteiger partial charge in [-0.15, -0.1) is 0 Å². The van der Waals surface area contributed by atoms with Gasteiger partial charge in [0, 0.05) is 12.7 Å². The second kappa shape index (κ2) is 10.2. The number of rotatable bonds is 8. The van der Waals surface area contributed by atoms with Crippen molar-refractivity contribution in [3.8, 4) is 5.75 Å². The van der Waals surface area contributed by atoms with Crippen LogP contribution in [0.25, 0.3) is 0 Å². The van der Waals surface area contributed by atoms with E-state index in [2.05, 4.69) is 0 Å². The van der Waals surface area contributed by atoms with Crippen LogP contribution < -0.4 is 10.2 Å². The zero-order valence-corrected chi connectivity index (χ0v) is 19.1. The minimum atomic E-state index is -0.726. The zero-order valence-electron chi connectivity index (χ0n) is 19.1. The molecule has 0 saturated carbocycles. The van der Waals surface area contributed by atoms with Gasteiger partial charge >= 0.3 is 5.97 Å². The fourth-order valence-electron chi connectivity index (χ4n) is 4.41. The van der Waals surface area contributed by atoms with Crippen molar-refractivity contribution >= 4 is 11.9 Å². The van der Waals surface area contributed by atoms with Crippen molar-refractivity contribution < 1.29 is 23.8 Å². The van der Waals surface area contributed by atoms with Gasteiger partial charge in [0.1, 0.15) is 5.56 Å². The monoisotopic (exact) mass is 454 g/mol. The van der Waals surface area contributed by atoms with Crippen LogP contribution in [0.5, 0.6) is 5.75 Å². The highest BCUT2D eigenvalue weighted by Crippen LogP contribution is 2.36. The van der Waals surface area contributed by atoms with E-state index in [4.69, 9.17) is 14.2 Å². The Morgan fingerprint density at radius 2 is 1.97 bits per heavy atom. The van der Waals surface area contributed by atoms with Crippen molar-refractivity contribution in [2.24, 2.45) is 0 Å². The Balaban J connectivity index is 1.89. The molecule has 33 heavy (non-hydrogen) atoms. The number of pyridine rings is 1. The first-order chi connectivity index (χ1) is 16.1. The first-order valence-corrected chi connectivity index (χ1v) is 11.6. The minimum absolute atomic E-state index is 0.0823. The van der Waals surface area contributed by atoms with E-state index >= 15 is 0 Å². The third-order valence-electron chi connectivity index (χ3n) is 6.01. The highest BCUT2D eigenvalue weighted by Gasteiger charge is 2.44. The van der Waals surface area contributed by atoms with Crippen LogP contribution in [0.15, 0.2) is 41.3 Å². The molecule has 0 N–H and O–H groups in total. The van der Waals surface area contributed by atoms with Gasteiger partial charge in [-0.3, -0.25) is 9.59 Å². The maximum atomic E-state index is 13.6. The van der Waals surface area contributed by atoms with Gasteiger partial charge in [0.05, 0.1) is 25.9 Å². The molecule has 2 atom stereocenters. The van der Waals surface area contributed by atoms with Crippen LogP contribution in [0.1, 0.15) is 65.6 Å². The summed E-state index contributed by atoms with van der Waals surface area (Å²) in [5, 5.41) is 0. The molecule has 0 spiro atoms. The van der Waals surface area contributed by atoms with Crippen LogP contribution in [0, 0.1) is 0 Å². The van der Waals surface area contributed by atoms with Crippen molar-refractivity contribution in [3.63, 3.8) is 0 Å². The number of nitrogens with zero attached hydrogens (tertiary/aromatic N) is 2. The summed E-state index contributed by atoms with van der Waals surface area (Å²) in [6, 6.07) is 9.55. The molecule has 8 nitrogen and oxygen atoms in total. The standard InChI is InChI=1S/C25H30N2O6/c1-3-5-13-32-22-20-23(29)26-12-9-14-33-24(26)19(15-17-10-7-6-8-11-17)27(20)16-18(21(22)28)25(30)31-4-2/h6-8,10-11,16,19,24H,3-5,9,12-15H2,1-2H3/t19-,24+/m0/s1. The number of carbonyl (C=O) groups excluding carboxylic acids is 2. The summed E-state index contributed by atoms with van der Waals surface area (Å²) in [5.41, 5.74) is 0.481. The first-order valence-electron chi connectivity index (χ1n) is 11.6. The lowest BCUT2D eigenvalue weighted by atomic mass is 9.98. The minimum Gasteiger partial charge on any atom is -0.487 e. The number of fused-ring (bicyclic) bond motifs is 2. The Morgan fingerprint density at radius 1 is 1.18 bits per heavy atom. The quantitative estimate of drug-likeness (QED) is 0.450. The van der Waals surface area contributed by atoms with Crippen LogP contribution in [0.4, 0.5) is 0 Å². The Kier molecular flexibility index (Phi) is 7.13. The predicted octanol–water partition coefficient (Wildman–Crippen LogP) is 3.19. The van der Waals surface area contributed by atoms with Gasteiger partial charge in [-0.1, -0.05) is 43.7 Å². The molecule has 176 valence electrons. The summed E-state index contributed by atoms with van der Waals surface area (Å²) >= 11 is 0. The molecule has 4 rings (SSSR count). The lowest BCUT2D eigenvalue weighted by Crippen LogP contribution is -2.56. The van der Waals surface area contributed by atoms with Crippen LogP contribution in [0.3, 0.4) is 0 Å². The van der Waals surface area contributed by atoms with Gasteiger partial charge in [0.2, 0.25) is 5.43 Å². The highest BCUT2D eigenvalue weighted by molar-refractivity contribution is 5.98. The molecular formula is C25H30N2O6. The van der Waals surface area contributed by atoms with Gasteiger partial charge in [0.25, 0.3) is 5.91 Å². The summed E-state index contributed by atoms with van der Waals surface area (Å²) < 4.78 is 18.8. The molecule has 0 unspecified atom stereocenters. The first kappa shape index (κ1) is 23.0. The molecular weight excluding hydrogens is 424 g/mol. The maximum Gasteiger partial charge on any atom is 0.343 e. The molecule has 2 aliphatic rings. The van der Waals surface area contributed by atoms with Gasteiger partial charge in [-0.05, 0) is 31.7 Å². The van der Waals surface area contributed by atoms with E-state index in [0.717, 1.165) is 24.8 Å². The number of amides is 1. The molecule has 2 aromatic rings. The largest absolute Gasteiger partial charge is 0.487 e. The van der Waals surface area contributed by atoms with E-state index in [-0.39, 0.29) is 42.2 Å². The topological polar surface area (TPSA) is 87.1 Å². The van der Waals surface area contributed by atoms with Crippen molar-refractivity contribution in [2.75, 3.05) is 26.4 Å². The van der Waals surface area contributed by atoms with E-state index in [1.165, 1.54) is 6.20 Å². The molecule has 1 aromatic carbocycles. The van der Waals surface area contributed by atoms with Crippen molar-refractivity contribution in [2.45, 2.75) is 51.8 Å². The van der Waals surface area contributed by atoms with Gasteiger partial charge in [-0.25, -0.2) is 4.79 Å². The van der Waals surface area contributed by atoms with Crippen LogP contribution >= 0.6 is 0 Å². The summed E-state index contributed by atoms with van der Waals surface area (Å²) in [6.07, 6.45) is 3.82. The molecule has 2 aliphatic heterocycles. The number of ether oxygens (including phenoxy) is 3. The van der Waals surface area contributed by atoms with Crippen LogP contribution in [0.2, 0.25) is 0 Å². The number of hydrogen-bond donors (Lipinski definition) is 0. The number of aromatic nitrogens is 1. The van der Waals surface area contributed by atoms with Crippen LogP contribution in [-0.4, -0.2) is 53.9 Å². The fourth-order valence-corrected chi connectivity index (χ4v) is 4.41. The Hall–Kier alpha value is -3.13. The molecule has 1 aromatic heterocycles. The molecule has 1 fully saturated rings. The summed E-state index contributed by atoms with van der Waals surface area (Å²) in [7, 11) is 0. The lowest BCUT2D eigenvalue weighted by Gasteiger charge is -2.45. The smallest absolute Gasteiger partial charge is 0.343 e. The zero-order chi connectivity index (χ0) is 23.4. The molecule has 1 amide bonds. The van der Waals surface area contributed by atoms with E-state index in [0.29, 0.717) is 19.6 Å². The third kappa shape index (κ3) is 4.53. The second-order valence-corrected chi connectivity index (χ2v) is 8.25. The van der Waals surface area contributed by atoms with E-state index < -0.39 is 17.6 Å². The molecule has 3 heterocycles. The van der Waals surface area contributed by atoms with Crippen molar-refractivity contribution in [1.82, 2.24) is 9.47 Å². The van der Waals surface area contributed by atoms with E-state index in [1.54, 1.807) is 16.4 Å². The Morgan fingerprint density at radius 3 is 2.70 bits per heavy atom. The lowest BCUT2D eigenvalue weighted by molar-refractivity contribution is -0.111. The van der Waals surface area contributed by atoms with Gasteiger partial charge in [-0.2, -0.15) is 0 Å². The average molecular weight is 455 g/mol. The Bertz CT molecular complexity index is 1060. The number of hydrogen-bond acceptors (Lipinski definition) is 6. The highest BCUT2D eigenvalue weighted by atomic mass is 16.5. The van der Waals surface area contributed by atoms with Gasteiger partial charge < -0.3 is 23.7 Å². The van der Waals surface area contributed by atoms with E-state index in [1.807, 2.05) is 37.3 Å². The summed E-state index contributed by atoms with van der Waals surface area (Å²) in [5.74, 6) is -1.12. The third-order valence-corrected chi connectivity index (χ3v) is 6.01. The second-order valence-electron chi connectivity index (χ2n) is 8.25. The number of esters is 1. The predicted molar refractivity (Wildman–Crippen MR) is 122 cm³/mol. The van der Waals surface area contributed by atoms with Gasteiger partial charge in [0.15, 0.2) is 17.7 Å². The van der Waals surface area contributed by atoms with Crippen molar-refractivity contribution in [3.05, 3.63) is 63.6 Å². The fraction of sp³-hybridized carbons (Fsp3) is 0.480. The maximum absolute atomic E-state index is 13.6. The number of unbranched alkanes of at least 4 members (excludes halogenated alkanes) is 1. The average Bonchev–Trinajstić information content (AvgIpc) is 2.83. The number of carbonyl (C=O) groups is 2. The Labute approximate surface area is 193 Å². The number of benzene rings is 1. The molecule has 0 bridgehead atoms. The SMILES string of the molecule is CCCCOc1c2n(cc(C(=O)OCC)c1=O)[C@@H](Cc1ccccc1)[C@H]1OCCCN1C2=O. The van der Waals surface area contributed by atoms with E-state index in [9.17, 15) is 14.4 Å². The molecule has 8 heteroatoms. The van der Waals surface area contributed by atoms with Crippen LogP contribution in [-0.2, 0) is 15.9 Å². The molecule has 0 aliphatic carbocycles. The summed E-state index contributed by atoms with van der Waals surface area (Å²) in [6.45, 7) is 5.19. The molecule has 0 radical (unpaired) electrons. The summed E-state index contributed by atoms with van der Waals surface area (Å²) in [4.78, 5) is 41.2. The normalized spacial score (nSPS) is 19.6. The van der Waals surface area contributed by atoms with Crippen molar-refractivity contribution in [1.29, 1.82) is 0 Å². The molecule has 1 saturated heterocycles.